The van der Waals surface area contributed by atoms with Crippen LogP contribution in [0.1, 0.15) is 26.5 Å². The molecule has 0 bridgehead atoms. The number of nitrogens with one attached hydrogen (secondary N) is 1. The van der Waals surface area contributed by atoms with E-state index in [0.29, 0.717) is 22.2 Å². The van der Waals surface area contributed by atoms with Gasteiger partial charge in [0.1, 0.15) is 17.1 Å². The SMILES string of the molecule is C=CC1=C(C(=O)OCOC(=O)C(C)(C)C)N2C(=O)C(NC(=O)Cc3csc(N)n3)[C@@H]2SC1. The molecule has 0 spiro atoms. The zero-order chi connectivity index (χ0) is 23.6. The van der Waals surface area contributed by atoms with Gasteiger partial charge in [0.15, 0.2) is 5.13 Å². The standard InChI is InChI=1S/C20H24N4O6S2/c1-5-10-7-31-16-13(23-12(25)6-11-8-32-19(21)22-11)15(26)24(16)14(10)17(27)29-9-30-18(28)20(2,3)4/h5,8,13,16H,1,6-7,9H2,2-4H3,(H2,21,22)(H,23,25)/t13?,16-/m0/s1. The molecule has 3 N–H and O–H groups in total. The summed E-state index contributed by atoms with van der Waals surface area (Å²) in [5.41, 5.74) is 5.91. The summed E-state index contributed by atoms with van der Waals surface area (Å²) in [7, 11) is 0. The third-order valence-corrected chi connectivity index (χ3v) is 6.68. The first-order chi connectivity index (χ1) is 15.0. The number of rotatable bonds is 7. The van der Waals surface area contributed by atoms with Gasteiger partial charge in [-0.15, -0.1) is 23.1 Å². The van der Waals surface area contributed by atoms with Gasteiger partial charge in [-0.3, -0.25) is 19.3 Å². The lowest BCUT2D eigenvalue weighted by Gasteiger charge is -2.49. The van der Waals surface area contributed by atoms with Crippen LogP contribution in [0.25, 0.3) is 0 Å². The van der Waals surface area contributed by atoms with E-state index in [0.717, 1.165) is 0 Å². The van der Waals surface area contributed by atoms with Gasteiger partial charge in [-0.05, 0) is 26.3 Å². The fourth-order valence-electron chi connectivity index (χ4n) is 3.00. The first kappa shape index (κ1) is 23.8. The van der Waals surface area contributed by atoms with Crippen LogP contribution in [0.4, 0.5) is 5.13 Å². The fourth-order valence-corrected chi connectivity index (χ4v) is 4.91. The molecular formula is C20H24N4O6S2. The van der Waals surface area contributed by atoms with Gasteiger partial charge >= 0.3 is 11.9 Å². The summed E-state index contributed by atoms with van der Waals surface area (Å²) >= 11 is 2.63. The summed E-state index contributed by atoms with van der Waals surface area (Å²) in [6.07, 6.45) is 1.48. The van der Waals surface area contributed by atoms with Crippen LogP contribution in [0.3, 0.4) is 0 Å². The Morgan fingerprint density at radius 3 is 2.69 bits per heavy atom. The van der Waals surface area contributed by atoms with Crippen molar-refractivity contribution in [2.45, 2.75) is 38.6 Å². The topological polar surface area (TPSA) is 141 Å². The second-order valence-electron chi connectivity index (χ2n) is 8.12. The van der Waals surface area contributed by atoms with Crippen LogP contribution in [-0.4, -0.2) is 57.6 Å². The van der Waals surface area contributed by atoms with E-state index in [1.807, 2.05) is 0 Å². The summed E-state index contributed by atoms with van der Waals surface area (Å²) in [4.78, 5) is 54.9. The third kappa shape index (κ3) is 4.96. The van der Waals surface area contributed by atoms with Crippen LogP contribution in [-0.2, 0) is 35.1 Å². The molecule has 2 aliphatic heterocycles. The van der Waals surface area contributed by atoms with Gasteiger partial charge in [0, 0.05) is 11.1 Å². The zero-order valence-corrected chi connectivity index (χ0v) is 19.5. The van der Waals surface area contributed by atoms with Gasteiger partial charge in [-0.2, -0.15) is 0 Å². The molecule has 2 atom stereocenters. The number of carbonyl (C=O) groups is 4. The summed E-state index contributed by atoms with van der Waals surface area (Å²) in [5, 5.41) is 4.27. The van der Waals surface area contributed by atoms with Crippen LogP contribution in [0, 0.1) is 5.41 Å². The normalized spacial score (nSPS) is 20.2. The van der Waals surface area contributed by atoms with Crippen molar-refractivity contribution >= 4 is 52.0 Å². The Kier molecular flexibility index (Phi) is 6.94. The number of nitrogens with zero attached hydrogens (tertiary/aromatic N) is 2. The summed E-state index contributed by atoms with van der Waals surface area (Å²) in [6, 6.07) is -0.781. The number of fused-ring (bicyclic) bond motifs is 1. The van der Waals surface area contributed by atoms with Gasteiger partial charge in [-0.25, -0.2) is 9.78 Å². The second-order valence-corrected chi connectivity index (χ2v) is 10.1. The number of aromatic nitrogens is 1. The molecule has 3 heterocycles. The molecule has 0 aromatic carbocycles. The number of nitrogen functional groups attached to an aromatic ring is 1. The molecule has 1 aromatic heterocycles. The van der Waals surface area contributed by atoms with Crippen molar-refractivity contribution in [3.8, 4) is 0 Å². The second kappa shape index (κ2) is 9.33. The van der Waals surface area contributed by atoms with E-state index < -0.39 is 41.5 Å². The van der Waals surface area contributed by atoms with Crippen LogP contribution >= 0.6 is 23.1 Å². The van der Waals surface area contributed by atoms with Crippen LogP contribution in [0.5, 0.6) is 0 Å². The van der Waals surface area contributed by atoms with Gasteiger partial charge in [0.05, 0.1) is 17.5 Å². The average molecular weight is 481 g/mol. The average Bonchev–Trinajstić information content (AvgIpc) is 3.14. The number of nitrogens with two attached hydrogens (primary N) is 1. The van der Waals surface area contributed by atoms with Crippen LogP contribution in [0.2, 0.25) is 0 Å². The number of hydrogen-bond donors (Lipinski definition) is 2. The van der Waals surface area contributed by atoms with E-state index in [9.17, 15) is 19.2 Å². The lowest BCUT2D eigenvalue weighted by Crippen LogP contribution is -2.70. The lowest BCUT2D eigenvalue weighted by atomic mass is 9.98. The number of anilines is 1. The molecule has 32 heavy (non-hydrogen) atoms. The number of thioether (sulfide) groups is 1. The molecule has 2 aliphatic rings. The van der Waals surface area contributed by atoms with E-state index in [2.05, 4.69) is 16.9 Å². The van der Waals surface area contributed by atoms with Crippen molar-refractivity contribution in [2.24, 2.45) is 5.41 Å². The van der Waals surface area contributed by atoms with E-state index in [4.69, 9.17) is 15.2 Å². The van der Waals surface area contributed by atoms with Crippen molar-refractivity contribution in [3.63, 3.8) is 0 Å². The van der Waals surface area contributed by atoms with E-state index >= 15 is 0 Å². The number of carbonyl (C=O) groups excluding carboxylic acids is 4. The molecule has 0 saturated carbocycles. The molecule has 10 nitrogen and oxygen atoms in total. The number of β-lactam (4-membered cyclic amide) rings is 1. The summed E-state index contributed by atoms with van der Waals surface area (Å²) in [6.45, 7) is 8.15. The molecule has 1 saturated heterocycles. The molecule has 12 heteroatoms. The number of hydrogen-bond acceptors (Lipinski definition) is 10. The lowest BCUT2D eigenvalue weighted by molar-refractivity contribution is -0.173. The Bertz CT molecular complexity index is 996. The van der Waals surface area contributed by atoms with Crippen molar-refractivity contribution in [1.29, 1.82) is 0 Å². The van der Waals surface area contributed by atoms with Gasteiger partial charge in [-0.1, -0.05) is 12.7 Å². The Morgan fingerprint density at radius 2 is 2.09 bits per heavy atom. The minimum absolute atomic E-state index is 0.00332. The van der Waals surface area contributed by atoms with Crippen molar-refractivity contribution in [2.75, 3.05) is 18.3 Å². The molecule has 2 amide bonds. The highest BCUT2D eigenvalue weighted by atomic mass is 32.2. The molecule has 0 radical (unpaired) electrons. The van der Waals surface area contributed by atoms with E-state index in [-0.39, 0.29) is 18.0 Å². The Labute approximate surface area is 193 Å². The number of allylic oxidation sites excluding steroid dienone is 1. The maximum atomic E-state index is 12.8. The first-order valence-corrected chi connectivity index (χ1v) is 11.6. The molecular weight excluding hydrogens is 456 g/mol. The van der Waals surface area contributed by atoms with E-state index in [1.165, 1.54) is 34.1 Å². The van der Waals surface area contributed by atoms with Gasteiger partial charge in [0.25, 0.3) is 5.91 Å². The molecule has 1 aromatic rings. The Hall–Kier alpha value is -2.86. The largest absolute Gasteiger partial charge is 0.427 e. The summed E-state index contributed by atoms with van der Waals surface area (Å²) < 4.78 is 10.0. The van der Waals surface area contributed by atoms with Crippen molar-refractivity contribution in [1.82, 2.24) is 15.2 Å². The quantitative estimate of drug-likeness (QED) is 0.334. The minimum atomic E-state index is -0.803. The maximum Gasteiger partial charge on any atom is 0.358 e. The van der Waals surface area contributed by atoms with Crippen LogP contribution in [0.15, 0.2) is 29.3 Å². The molecule has 1 fully saturated rings. The monoisotopic (exact) mass is 480 g/mol. The van der Waals surface area contributed by atoms with Crippen molar-refractivity contribution in [3.05, 3.63) is 35.0 Å². The Balaban J connectivity index is 1.63. The van der Waals surface area contributed by atoms with Gasteiger partial charge < -0.3 is 20.5 Å². The number of amides is 2. The Morgan fingerprint density at radius 1 is 1.38 bits per heavy atom. The van der Waals surface area contributed by atoms with E-state index in [1.54, 1.807) is 26.2 Å². The fraction of sp³-hybridized carbons (Fsp3) is 0.450. The maximum absolute atomic E-state index is 12.8. The zero-order valence-electron chi connectivity index (χ0n) is 17.9. The molecule has 1 unspecified atom stereocenters. The highest BCUT2D eigenvalue weighted by Crippen LogP contribution is 2.41. The smallest absolute Gasteiger partial charge is 0.358 e. The predicted molar refractivity (Wildman–Crippen MR) is 119 cm³/mol. The van der Waals surface area contributed by atoms with Crippen molar-refractivity contribution < 1.29 is 28.7 Å². The van der Waals surface area contributed by atoms with Crippen LogP contribution < -0.4 is 11.1 Å². The number of thiazole rings is 1. The molecule has 0 aliphatic carbocycles. The molecule has 172 valence electrons. The number of ether oxygens (including phenoxy) is 2. The number of esters is 2. The molecule has 3 rings (SSSR count). The summed E-state index contributed by atoms with van der Waals surface area (Å²) in [5.74, 6) is -1.73. The highest BCUT2D eigenvalue weighted by molar-refractivity contribution is 8.00. The highest BCUT2D eigenvalue weighted by Gasteiger charge is 2.54. The van der Waals surface area contributed by atoms with Gasteiger partial charge in [0.2, 0.25) is 12.7 Å². The first-order valence-electron chi connectivity index (χ1n) is 9.66. The minimum Gasteiger partial charge on any atom is -0.427 e. The third-order valence-electron chi connectivity index (χ3n) is 4.66. The predicted octanol–water partition coefficient (Wildman–Crippen LogP) is 1.20.